The maximum atomic E-state index is 13.6. The first-order valence-electron chi connectivity index (χ1n) is 5.16. The maximum Gasteiger partial charge on any atom is 0.329 e. The van der Waals surface area contributed by atoms with Crippen LogP contribution in [0.25, 0.3) is 0 Å². The Bertz CT molecular complexity index is 460. The van der Waals surface area contributed by atoms with E-state index in [4.69, 9.17) is 4.74 Å². The Balaban J connectivity index is 2.31. The van der Waals surface area contributed by atoms with E-state index in [1.807, 2.05) is 0 Å². The van der Waals surface area contributed by atoms with Gasteiger partial charge in [0.25, 0.3) is 5.91 Å². The molecule has 0 radical (unpaired) electrons. The number of nitrogens with zero attached hydrogens (tertiary/aromatic N) is 1. The van der Waals surface area contributed by atoms with Gasteiger partial charge in [0.1, 0.15) is 0 Å². The monoisotopic (exact) mass is 238 g/mol. The van der Waals surface area contributed by atoms with E-state index < -0.39 is 17.8 Å². The van der Waals surface area contributed by atoms with Crippen molar-refractivity contribution in [1.82, 2.24) is 5.32 Å². The van der Waals surface area contributed by atoms with Gasteiger partial charge in [0.15, 0.2) is 11.6 Å². The zero-order valence-electron chi connectivity index (χ0n) is 9.20. The molecule has 0 atom stereocenters. The molecule has 0 saturated carbocycles. The van der Waals surface area contributed by atoms with Gasteiger partial charge in [-0.2, -0.15) is 0 Å². The van der Waals surface area contributed by atoms with Gasteiger partial charge in [-0.05, 0) is 19.1 Å². The molecule has 0 unspecified atom stereocenters. The van der Waals surface area contributed by atoms with E-state index in [2.05, 4.69) is 5.32 Å². The van der Waals surface area contributed by atoms with Crippen LogP contribution in [0.2, 0.25) is 0 Å². The molecule has 1 fully saturated rings. The second-order valence-electron chi connectivity index (χ2n) is 3.44. The normalized spacial score (nSPS) is 15.1. The number of carbonyl (C=O) groups is 2. The van der Waals surface area contributed by atoms with Gasteiger partial charge in [-0.3, -0.25) is 4.79 Å². The van der Waals surface area contributed by atoms with Crippen LogP contribution in [0.3, 0.4) is 0 Å². The van der Waals surface area contributed by atoms with Crippen molar-refractivity contribution in [3.05, 3.63) is 24.0 Å². The average molecular weight is 238 g/mol. The van der Waals surface area contributed by atoms with Crippen LogP contribution in [0.4, 0.5) is 14.9 Å². The number of urea groups is 1. The van der Waals surface area contributed by atoms with Crippen LogP contribution in [0.1, 0.15) is 6.92 Å². The van der Waals surface area contributed by atoms with Gasteiger partial charge in [-0.15, -0.1) is 0 Å². The van der Waals surface area contributed by atoms with Gasteiger partial charge in [0, 0.05) is 6.07 Å². The number of ether oxygens (including phenoxy) is 1. The first-order chi connectivity index (χ1) is 8.13. The van der Waals surface area contributed by atoms with Crippen LogP contribution in [0.5, 0.6) is 5.75 Å². The lowest BCUT2D eigenvalue weighted by atomic mass is 10.2. The smallest absolute Gasteiger partial charge is 0.329 e. The van der Waals surface area contributed by atoms with Crippen LogP contribution in [-0.4, -0.2) is 25.1 Å². The summed E-state index contributed by atoms with van der Waals surface area (Å²) in [5.74, 6) is -0.904. The van der Waals surface area contributed by atoms with Gasteiger partial charge >= 0.3 is 6.03 Å². The van der Waals surface area contributed by atoms with Crippen molar-refractivity contribution < 1.29 is 18.7 Å². The van der Waals surface area contributed by atoms with Crippen LogP contribution in [0, 0.1) is 5.82 Å². The van der Waals surface area contributed by atoms with Crippen molar-refractivity contribution in [3.8, 4) is 5.75 Å². The van der Waals surface area contributed by atoms with E-state index in [1.54, 1.807) is 6.92 Å². The number of benzene rings is 1. The van der Waals surface area contributed by atoms with Crippen molar-refractivity contribution in [3.63, 3.8) is 0 Å². The minimum Gasteiger partial charge on any atom is -0.491 e. The average Bonchev–Trinajstić information content (AvgIpc) is 2.62. The fourth-order valence-corrected chi connectivity index (χ4v) is 1.59. The number of hydrogen-bond donors (Lipinski definition) is 1. The highest BCUT2D eigenvalue weighted by atomic mass is 19.1. The number of nitrogens with one attached hydrogen (secondary N) is 1. The molecule has 1 N–H and O–H groups in total. The van der Waals surface area contributed by atoms with E-state index in [-0.39, 0.29) is 18.0 Å². The third kappa shape index (κ3) is 2.06. The Labute approximate surface area is 97.2 Å². The Hall–Kier alpha value is -2.11. The van der Waals surface area contributed by atoms with E-state index in [0.29, 0.717) is 6.61 Å². The van der Waals surface area contributed by atoms with E-state index >= 15 is 0 Å². The molecule has 0 aliphatic carbocycles. The molecule has 1 aromatic carbocycles. The van der Waals surface area contributed by atoms with Gasteiger partial charge in [0.05, 0.1) is 18.8 Å². The Morgan fingerprint density at radius 2 is 2.24 bits per heavy atom. The van der Waals surface area contributed by atoms with Gasteiger partial charge < -0.3 is 10.1 Å². The van der Waals surface area contributed by atoms with Crippen molar-refractivity contribution in [2.75, 3.05) is 18.1 Å². The summed E-state index contributed by atoms with van der Waals surface area (Å²) in [6.45, 7) is 2.03. The van der Waals surface area contributed by atoms with E-state index in [0.717, 1.165) is 11.0 Å². The lowest BCUT2D eigenvalue weighted by Crippen LogP contribution is -2.30. The molecule has 6 heteroatoms. The Morgan fingerprint density at radius 1 is 1.47 bits per heavy atom. The van der Waals surface area contributed by atoms with Crippen molar-refractivity contribution >= 4 is 17.6 Å². The quantitative estimate of drug-likeness (QED) is 0.807. The molecule has 3 amide bonds. The largest absolute Gasteiger partial charge is 0.491 e. The molecule has 5 nitrogen and oxygen atoms in total. The summed E-state index contributed by atoms with van der Waals surface area (Å²) in [4.78, 5) is 23.6. The van der Waals surface area contributed by atoms with Crippen molar-refractivity contribution in [1.29, 1.82) is 0 Å². The van der Waals surface area contributed by atoms with Gasteiger partial charge in [0.2, 0.25) is 0 Å². The minimum absolute atomic E-state index is 0.0618. The summed E-state index contributed by atoms with van der Waals surface area (Å²) in [6, 6.07) is 3.43. The van der Waals surface area contributed by atoms with Crippen LogP contribution >= 0.6 is 0 Å². The summed E-state index contributed by atoms with van der Waals surface area (Å²) in [7, 11) is 0. The molecule has 2 rings (SSSR count). The van der Waals surface area contributed by atoms with Gasteiger partial charge in [-0.1, -0.05) is 0 Å². The van der Waals surface area contributed by atoms with E-state index in [1.165, 1.54) is 12.1 Å². The fourth-order valence-electron chi connectivity index (χ4n) is 1.59. The van der Waals surface area contributed by atoms with Crippen molar-refractivity contribution in [2.45, 2.75) is 6.92 Å². The Kier molecular flexibility index (Phi) is 2.95. The van der Waals surface area contributed by atoms with Gasteiger partial charge in [-0.25, -0.2) is 14.1 Å². The molecule has 17 heavy (non-hydrogen) atoms. The topological polar surface area (TPSA) is 58.6 Å². The number of halogens is 1. The number of anilines is 1. The molecule has 1 aromatic rings. The lowest BCUT2D eigenvalue weighted by molar-refractivity contribution is -0.115. The molecule has 0 bridgehead atoms. The third-order valence-corrected chi connectivity index (χ3v) is 2.32. The summed E-state index contributed by atoms with van der Waals surface area (Å²) >= 11 is 0. The highest BCUT2D eigenvalue weighted by Gasteiger charge is 2.30. The second kappa shape index (κ2) is 4.40. The molecule has 1 aliphatic rings. The summed E-state index contributed by atoms with van der Waals surface area (Å²) in [6.07, 6.45) is 0. The van der Waals surface area contributed by atoms with Crippen LogP contribution in [-0.2, 0) is 4.79 Å². The highest BCUT2D eigenvalue weighted by molar-refractivity contribution is 6.19. The summed E-state index contributed by atoms with van der Waals surface area (Å²) in [5, 5.41) is 2.36. The van der Waals surface area contributed by atoms with E-state index in [9.17, 15) is 14.0 Å². The first kappa shape index (κ1) is 11.4. The second-order valence-corrected chi connectivity index (χ2v) is 3.44. The summed E-state index contributed by atoms with van der Waals surface area (Å²) in [5.41, 5.74) is 0.200. The number of imide groups is 1. The van der Waals surface area contributed by atoms with Crippen LogP contribution < -0.4 is 15.0 Å². The molecule has 1 aliphatic heterocycles. The number of hydrogen-bond acceptors (Lipinski definition) is 3. The molecule has 90 valence electrons. The number of carbonyl (C=O) groups excluding carboxylic acids is 2. The predicted octanol–water partition coefficient (Wildman–Crippen LogP) is 1.28. The predicted molar refractivity (Wildman–Crippen MR) is 58.5 cm³/mol. The van der Waals surface area contributed by atoms with Crippen LogP contribution in [0.15, 0.2) is 18.2 Å². The zero-order valence-corrected chi connectivity index (χ0v) is 9.20. The molecular weight excluding hydrogens is 227 g/mol. The first-order valence-corrected chi connectivity index (χ1v) is 5.16. The number of rotatable bonds is 3. The standard InChI is InChI=1S/C11H11FN2O3/c1-2-17-9-4-3-7(5-8(9)12)14-10(15)6-13-11(14)16/h3-5H,2,6H2,1H3,(H,13,16). The fraction of sp³-hybridized carbons (Fsp3) is 0.273. The highest BCUT2D eigenvalue weighted by Crippen LogP contribution is 2.25. The minimum atomic E-state index is -0.600. The third-order valence-electron chi connectivity index (χ3n) is 2.32. The molecule has 1 heterocycles. The molecular formula is C11H11FN2O3. The zero-order chi connectivity index (χ0) is 12.4. The lowest BCUT2D eigenvalue weighted by Gasteiger charge is -2.13. The van der Waals surface area contributed by atoms with Crippen molar-refractivity contribution in [2.24, 2.45) is 0 Å². The molecule has 0 aromatic heterocycles. The molecule has 0 spiro atoms. The summed E-state index contributed by atoms with van der Waals surface area (Å²) < 4.78 is 18.6. The number of amides is 3. The molecule has 1 saturated heterocycles. The SMILES string of the molecule is CCOc1ccc(N2C(=O)CNC2=O)cc1F. The Morgan fingerprint density at radius 3 is 2.76 bits per heavy atom. The maximum absolute atomic E-state index is 13.6.